The maximum atomic E-state index is 12.4. The van der Waals surface area contributed by atoms with E-state index >= 15 is 0 Å². The Bertz CT molecular complexity index is 853. The SMILES string of the molecule is O=C1/C(=C/c2ccccn2)Oc2cc(OC(=O)C3CCCO3)ccc21. The van der Waals surface area contributed by atoms with Crippen molar-refractivity contribution in [3.63, 3.8) is 0 Å². The third kappa shape index (κ3) is 3.16. The Kier molecular flexibility index (Phi) is 4.03. The maximum Gasteiger partial charge on any atom is 0.340 e. The van der Waals surface area contributed by atoms with Crippen LogP contribution < -0.4 is 9.47 Å². The fourth-order valence-electron chi connectivity index (χ4n) is 2.77. The molecule has 25 heavy (non-hydrogen) atoms. The summed E-state index contributed by atoms with van der Waals surface area (Å²) in [6.07, 6.45) is 4.22. The first-order chi connectivity index (χ1) is 12.2. The van der Waals surface area contributed by atoms with E-state index in [1.54, 1.807) is 42.6 Å². The van der Waals surface area contributed by atoms with Crippen molar-refractivity contribution in [2.75, 3.05) is 6.61 Å². The number of aromatic nitrogens is 1. The molecule has 2 aliphatic heterocycles. The van der Waals surface area contributed by atoms with Crippen LogP contribution in [-0.4, -0.2) is 29.4 Å². The van der Waals surface area contributed by atoms with Crippen LogP contribution in [0.3, 0.4) is 0 Å². The molecule has 1 aromatic heterocycles. The number of fused-ring (bicyclic) bond motifs is 1. The number of Topliss-reactive ketones (excluding diaryl/α,β-unsaturated/α-hetero) is 1. The summed E-state index contributed by atoms with van der Waals surface area (Å²) in [6, 6.07) is 10.1. The van der Waals surface area contributed by atoms with Gasteiger partial charge in [0, 0.05) is 24.9 Å². The Morgan fingerprint density at radius 1 is 1.28 bits per heavy atom. The number of ether oxygens (including phenoxy) is 3. The number of nitrogens with zero attached hydrogens (tertiary/aromatic N) is 1. The zero-order chi connectivity index (χ0) is 17.2. The van der Waals surface area contributed by atoms with Crippen LogP contribution in [0.5, 0.6) is 11.5 Å². The van der Waals surface area contributed by atoms with Gasteiger partial charge < -0.3 is 14.2 Å². The first kappa shape index (κ1) is 15.5. The van der Waals surface area contributed by atoms with Gasteiger partial charge >= 0.3 is 5.97 Å². The van der Waals surface area contributed by atoms with Crippen molar-refractivity contribution in [2.45, 2.75) is 18.9 Å². The van der Waals surface area contributed by atoms with Gasteiger partial charge in [-0.05, 0) is 37.1 Å². The third-order valence-corrected chi connectivity index (χ3v) is 4.02. The van der Waals surface area contributed by atoms with Crippen LogP contribution in [0.15, 0.2) is 48.4 Å². The van der Waals surface area contributed by atoms with Crippen molar-refractivity contribution in [1.29, 1.82) is 0 Å². The van der Waals surface area contributed by atoms with Crippen molar-refractivity contribution in [2.24, 2.45) is 0 Å². The summed E-state index contributed by atoms with van der Waals surface area (Å²) in [5.74, 6) is 0.232. The molecule has 1 aromatic carbocycles. The molecule has 0 bridgehead atoms. The average molecular weight is 337 g/mol. The highest BCUT2D eigenvalue weighted by atomic mass is 16.6. The van der Waals surface area contributed by atoms with E-state index in [-0.39, 0.29) is 11.5 Å². The fraction of sp³-hybridized carbons (Fsp3) is 0.211. The van der Waals surface area contributed by atoms with Crippen LogP contribution in [0.1, 0.15) is 28.9 Å². The van der Waals surface area contributed by atoms with Crippen LogP contribution in [0.2, 0.25) is 0 Å². The molecular formula is C19H15NO5. The lowest BCUT2D eigenvalue weighted by Crippen LogP contribution is -2.24. The van der Waals surface area contributed by atoms with E-state index < -0.39 is 12.1 Å². The maximum absolute atomic E-state index is 12.4. The lowest BCUT2D eigenvalue weighted by molar-refractivity contribution is -0.144. The standard InChI is InChI=1S/C19H15NO5/c21-18-14-7-6-13(24-19(22)15-5-3-9-23-15)11-16(14)25-17(18)10-12-4-1-2-8-20-12/h1-2,4,6-8,10-11,15H,3,5,9H2/b17-10-. The molecule has 2 aromatic rings. The molecule has 3 heterocycles. The molecule has 6 heteroatoms. The summed E-state index contributed by atoms with van der Waals surface area (Å²) >= 11 is 0. The van der Waals surface area contributed by atoms with Crippen LogP contribution >= 0.6 is 0 Å². The van der Waals surface area contributed by atoms with Crippen LogP contribution in [0.4, 0.5) is 0 Å². The fourth-order valence-corrected chi connectivity index (χ4v) is 2.77. The predicted molar refractivity (Wildman–Crippen MR) is 88.2 cm³/mol. The molecule has 0 aliphatic carbocycles. The summed E-state index contributed by atoms with van der Waals surface area (Å²) in [4.78, 5) is 28.6. The number of hydrogen-bond acceptors (Lipinski definition) is 6. The highest BCUT2D eigenvalue weighted by Crippen LogP contribution is 2.35. The topological polar surface area (TPSA) is 74.7 Å². The molecule has 2 aliphatic rings. The van der Waals surface area contributed by atoms with E-state index in [1.807, 2.05) is 6.07 Å². The van der Waals surface area contributed by atoms with Gasteiger partial charge in [-0.15, -0.1) is 0 Å². The van der Waals surface area contributed by atoms with Gasteiger partial charge in [-0.25, -0.2) is 4.79 Å². The minimum absolute atomic E-state index is 0.191. The zero-order valence-electron chi connectivity index (χ0n) is 13.3. The van der Waals surface area contributed by atoms with Gasteiger partial charge in [-0.2, -0.15) is 0 Å². The quantitative estimate of drug-likeness (QED) is 0.487. The van der Waals surface area contributed by atoms with Crippen LogP contribution in [0, 0.1) is 0 Å². The molecule has 0 saturated carbocycles. The molecule has 6 nitrogen and oxygen atoms in total. The predicted octanol–water partition coefficient (Wildman–Crippen LogP) is 2.78. The summed E-state index contributed by atoms with van der Waals surface area (Å²) in [6.45, 7) is 0.573. The number of hydrogen-bond donors (Lipinski definition) is 0. The lowest BCUT2D eigenvalue weighted by atomic mass is 10.1. The largest absolute Gasteiger partial charge is 0.452 e. The molecule has 1 atom stereocenters. The average Bonchev–Trinajstić information content (AvgIpc) is 3.25. The molecule has 1 fully saturated rings. The molecule has 1 unspecified atom stereocenters. The Labute approximate surface area is 144 Å². The number of allylic oxidation sites excluding steroid dienone is 1. The van der Waals surface area contributed by atoms with Crippen molar-refractivity contribution in [1.82, 2.24) is 4.98 Å². The minimum Gasteiger partial charge on any atom is -0.452 e. The lowest BCUT2D eigenvalue weighted by Gasteiger charge is -2.09. The highest BCUT2D eigenvalue weighted by Gasteiger charge is 2.29. The normalized spacial score (nSPS) is 20.4. The number of pyridine rings is 1. The zero-order valence-corrected chi connectivity index (χ0v) is 13.3. The van der Waals surface area contributed by atoms with Crippen LogP contribution in [-0.2, 0) is 9.53 Å². The Morgan fingerprint density at radius 3 is 2.96 bits per heavy atom. The molecule has 0 amide bonds. The van der Waals surface area contributed by atoms with E-state index in [9.17, 15) is 9.59 Å². The van der Waals surface area contributed by atoms with Gasteiger partial charge in [-0.1, -0.05) is 6.07 Å². The van der Waals surface area contributed by atoms with Gasteiger partial charge in [0.15, 0.2) is 11.9 Å². The number of ketones is 1. The highest BCUT2D eigenvalue weighted by molar-refractivity contribution is 6.14. The Hall–Kier alpha value is -2.99. The van der Waals surface area contributed by atoms with Crippen molar-refractivity contribution in [3.05, 3.63) is 59.6 Å². The molecule has 4 rings (SSSR count). The summed E-state index contributed by atoms with van der Waals surface area (Å²) in [5.41, 5.74) is 1.06. The van der Waals surface area contributed by atoms with E-state index in [2.05, 4.69) is 4.98 Å². The van der Waals surface area contributed by atoms with Gasteiger partial charge in [0.2, 0.25) is 5.78 Å². The molecular weight excluding hydrogens is 322 g/mol. The van der Waals surface area contributed by atoms with Gasteiger partial charge in [0.1, 0.15) is 11.5 Å². The first-order valence-corrected chi connectivity index (χ1v) is 8.03. The second-order valence-corrected chi connectivity index (χ2v) is 5.78. The monoisotopic (exact) mass is 337 g/mol. The van der Waals surface area contributed by atoms with E-state index in [4.69, 9.17) is 14.2 Å². The van der Waals surface area contributed by atoms with Crippen LogP contribution in [0.25, 0.3) is 6.08 Å². The number of rotatable bonds is 3. The molecule has 0 radical (unpaired) electrons. The Morgan fingerprint density at radius 2 is 2.20 bits per heavy atom. The van der Waals surface area contributed by atoms with Crippen molar-refractivity contribution in [3.8, 4) is 11.5 Å². The van der Waals surface area contributed by atoms with Crippen molar-refractivity contribution < 1.29 is 23.8 Å². The molecule has 1 saturated heterocycles. The summed E-state index contributed by atoms with van der Waals surface area (Å²) in [5, 5.41) is 0. The number of esters is 1. The van der Waals surface area contributed by atoms with E-state index in [0.29, 0.717) is 35.8 Å². The van der Waals surface area contributed by atoms with Crippen molar-refractivity contribution >= 4 is 17.8 Å². The second-order valence-electron chi connectivity index (χ2n) is 5.78. The van der Waals surface area contributed by atoms with Gasteiger partial charge in [-0.3, -0.25) is 9.78 Å². The minimum atomic E-state index is -0.518. The smallest absolute Gasteiger partial charge is 0.340 e. The third-order valence-electron chi connectivity index (χ3n) is 4.02. The summed E-state index contributed by atoms with van der Waals surface area (Å²) in [7, 11) is 0. The second kappa shape index (κ2) is 6.49. The molecule has 126 valence electrons. The first-order valence-electron chi connectivity index (χ1n) is 8.03. The number of carbonyl (C=O) groups is 2. The molecule has 0 N–H and O–H groups in total. The van der Waals surface area contributed by atoms with E-state index in [1.165, 1.54) is 0 Å². The molecule has 0 spiro atoms. The van der Waals surface area contributed by atoms with Gasteiger partial charge in [0.25, 0.3) is 0 Å². The van der Waals surface area contributed by atoms with E-state index in [0.717, 1.165) is 6.42 Å². The number of benzene rings is 1. The summed E-state index contributed by atoms with van der Waals surface area (Å²) < 4.78 is 16.2. The Balaban J connectivity index is 1.53. The van der Waals surface area contributed by atoms with Gasteiger partial charge in [0.05, 0.1) is 11.3 Å². The number of carbonyl (C=O) groups excluding carboxylic acids is 2.